The maximum atomic E-state index is 9.96. The minimum absolute atomic E-state index is 0.212. The van der Waals surface area contributed by atoms with Crippen molar-refractivity contribution in [2.45, 2.75) is 51.6 Å². The minimum atomic E-state index is -0.618. The van der Waals surface area contributed by atoms with Crippen molar-refractivity contribution in [2.24, 2.45) is 0 Å². The molecule has 0 aromatic heterocycles. The summed E-state index contributed by atoms with van der Waals surface area (Å²) in [4.78, 5) is 2.20. The molecule has 0 aromatic carbocycles. The number of hydrogen-bond acceptors (Lipinski definition) is 4. The topological polar surface area (TPSA) is 41.9 Å². The maximum Gasteiger partial charge on any atom is 0.122 e. The zero-order valence-electron chi connectivity index (χ0n) is 11.8. The van der Waals surface area contributed by atoms with Gasteiger partial charge in [0.05, 0.1) is 24.9 Å². The van der Waals surface area contributed by atoms with Gasteiger partial charge in [0.2, 0.25) is 0 Å². The van der Waals surface area contributed by atoms with Gasteiger partial charge in [-0.15, -0.1) is 6.42 Å². The van der Waals surface area contributed by atoms with Crippen molar-refractivity contribution in [1.82, 2.24) is 4.90 Å². The highest BCUT2D eigenvalue weighted by Gasteiger charge is 2.24. The molecule has 0 saturated carbocycles. The smallest absolute Gasteiger partial charge is 0.122 e. The summed E-state index contributed by atoms with van der Waals surface area (Å²) in [6, 6.07) is 0. The molecule has 1 N–H and O–H groups in total. The average molecular weight is 255 g/mol. The Morgan fingerprint density at radius 2 is 2.00 bits per heavy atom. The molecule has 0 spiro atoms. The number of ether oxygens (including phenoxy) is 2. The molecule has 0 unspecified atom stereocenters. The Morgan fingerprint density at radius 1 is 1.44 bits per heavy atom. The molecule has 0 aromatic rings. The van der Waals surface area contributed by atoms with Crippen LogP contribution >= 0.6 is 0 Å². The van der Waals surface area contributed by atoms with Gasteiger partial charge in [-0.25, -0.2) is 0 Å². The molecular weight excluding hydrogens is 230 g/mol. The first-order chi connectivity index (χ1) is 8.32. The van der Waals surface area contributed by atoms with Crippen LogP contribution in [0.5, 0.6) is 0 Å². The minimum Gasteiger partial charge on any atom is -0.389 e. The van der Waals surface area contributed by atoms with Gasteiger partial charge >= 0.3 is 0 Å². The van der Waals surface area contributed by atoms with E-state index >= 15 is 0 Å². The van der Waals surface area contributed by atoms with Gasteiger partial charge in [-0.05, 0) is 27.7 Å². The van der Waals surface area contributed by atoms with Gasteiger partial charge in [0.15, 0.2) is 0 Å². The fourth-order valence-corrected chi connectivity index (χ4v) is 2.13. The van der Waals surface area contributed by atoms with Crippen LogP contribution in [-0.4, -0.2) is 60.2 Å². The van der Waals surface area contributed by atoms with E-state index in [1.165, 1.54) is 0 Å². The Kier molecular flexibility index (Phi) is 5.61. The highest BCUT2D eigenvalue weighted by Crippen LogP contribution is 2.12. The van der Waals surface area contributed by atoms with Crippen molar-refractivity contribution in [3.8, 4) is 12.3 Å². The van der Waals surface area contributed by atoms with Gasteiger partial charge in [-0.1, -0.05) is 5.92 Å². The predicted octanol–water partition coefficient (Wildman–Crippen LogP) is 0.885. The van der Waals surface area contributed by atoms with Crippen molar-refractivity contribution in [1.29, 1.82) is 0 Å². The van der Waals surface area contributed by atoms with Crippen LogP contribution < -0.4 is 0 Å². The van der Waals surface area contributed by atoms with Gasteiger partial charge in [-0.3, -0.25) is 4.90 Å². The first-order valence-corrected chi connectivity index (χ1v) is 6.50. The molecule has 104 valence electrons. The largest absolute Gasteiger partial charge is 0.389 e. The summed E-state index contributed by atoms with van der Waals surface area (Å²) in [6.07, 6.45) is 5.24. The van der Waals surface area contributed by atoms with Crippen LogP contribution in [0.3, 0.4) is 0 Å². The second-order valence-electron chi connectivity index (χ2n) is 5.60. The van der Waals surface area contributed by atoms with Gasteiger partial charge in [0.1, 0.15) is 5.60 Å². The van der Waals surface area contributed by atoms with E-state index in [9.17, 15) is 5.11 Å². The van der Waals surface area contributed by atoms with Gasteiger partial charge < -0.3 is 14.6 Å². The lowest BCUT2D eigenvalue weighted by atomic mass is 10.1. The van der Waals surface area contributed by atoms with Crippen LogP contribution in [0.1, 0.15) is 27.7 Å². The van der Waals surface area contributed by atoms with Gasteiger partial charge in [0.25, 0.3) is 0 Å². The predicted molar refractivity (Wildman–Crippen MR) is 71.3 cm³/mol. The third kappa shape index (κ3) is 5.36. The molecule has 1 aliphatic rings. The van der Waals surface area contributed by atoms with Crippen LogP contribution in [0.25, 0.3) is 0 Å². The fraction of sp³-hybridized carbons (Fsp3) is 0.857. The molecule has 3 atom stereocenters. The average Bonchev–Trinajstić information content (AvgIpc) is 2.25. The molecule has 18 heavy (non-hydrogen) atoms. The standard InChI is InChI=1S/C14H25NO3/c1-6-14(4,5)17-10-13(16)9-15-7-11(2)18-12(3)8-15/h1,11-13,16H,7-10H2,2-5H3/t11-,12+,13-/m0/s1. The second kappa shape index (κ2) is 6.53. The lowest BCUT2D eigenvalue weighted by molar-refractivity contribution is -0.0885. The van der Waals surface area contributed by atoms with E-state index in [1.807, 2.05) is 27.7 Å². The lowest BCUT2D eigenvalue weighted by Gasteiger charge is -2.36. The molecule has 1 rings (SSSR count). The molecule has 4 heteroatoms. The summed E-state index contributed by atoms with van der Waals surface area (Å²) < 4.78 is 11.1. The molecule has 1 saturated heterocycles. The zero-order valence-corrected chi connectivity index (χ0v) is 11.8. The monoisotopic (exact) mass is 255 g/mol. The molecule has 0 radical (unpaired) electrons. The number of hydrogen-bond donors (Lipinski definition) is 1. The first kappa shape index (κ1) is 15.5. The Balaban J connectivity index is 2.32. The van der Waals surface area contributed by atoms with Crippen LogP contribution in [0.4, 0.5) is 0 Å². The van der Waals surface area contributed by atoms with E-state index in [0.717, 1.165) is 13.1 Å². The van der Waals surface area contributed by atoms with Crippen molar-refractivity contribution in [3.05, 3.63) is 0 Å². The van der Waals surface area contributed by atoms with Crippen LogP contribution in [0.15, 0.2) is 0 Å². The number of β-amino-alcohol motifs (C(OH)–C–C–N with tert-alkyl or cyclic N) is 1. The maximum absolute atomic E-state index is 9.96. The van der Waals surface area contributed by atoms with E-state index in [-0.39, 0.29) is 18.8 Å². The summed E-state index contributed by atoms with van der Waals surface area (Å²) in [7, 11) is 0. The molecule has 1 heterocycles. The highest BCUT2D eigenvalue weighted by atomic mass is 16.5. The molecule has 4 nitrogen and oxygen atoms in total. The summed E-state index contributed by atoms with van der Waals surface area (Å²) in [5, 5.41) is 9.96. The number of terminal acetylenes is 1. The SMILES string of the molecule is C#CC(C)(C)OC[C@@H](O)CN1C[C@@H](C)O[C@@H](C)C1. The molecule has 0 aliphatic carbocycles. The van der Waals surface area contributed by atoms with Crippen molar-refractivity contribution < 1.29 is 14.6 Å². The van der Waals surface area contributed by atoms with Gasteiger partial charge in [-0.2, -0.15) is 0 Å². The van der Waals surface area contributed by atoms with E-state index in [1.54, 1.807) is 0 Å². The third-order valence-corrected chi connectivity index (χ3v) is 2.95. The van der Waals surface area contributed by atoms with Crippen molar-refractivity contribution >= 4 is 0 Å². The van der Waals surface area contributed by atoms with Crippen LogP contribution in [-0.2, 0) is 9.47 Å². The molecule has 0 bridgehead atoms. The number of aliphatic hydroxyl groups excluding tert-OH is 1. The Labute approximate surface area is 110 Å². The summed E-state index contributed by atoms with van der Waals surface area (Å²) in [5.74, 6) is 2.55. The van der Waals surface area contributed by atoms with E-state index in [2.05, 4.69) is 10.8 Å². The quantitative estimate of drug-likeness (QED) is 0.741. The van der Waals surface area contributed by atoms with Gasteiger partial charge in [0, 0.05) is 19.6 Å². The summed E-state index contributed by atoms with van der Waals surface area (Å²) >= 11 is 0. The summed E-state index contributed by atoms with van der Waals surface area (Å²) in [6.45, 7) is 10.3. The highest BCUT2D eigenvalue weighted by molar-refractivity contribution is 5.02. The second-order valence-corrected chi connectivity index (χ2v) is 5.60. The Hall–Kier alpha value is -0.600. The number of morpholine rings is 1. The third-order valence-electron chi connectivity index (χ3n) is 2.95. The van der Waals surface area contributed by atoms with Crippen molar-refractivity contribution in [2.75, 3.05) is 26.2 Å². The van der Waals surface area contributed by atoms with E-state index in [4.69, 9.17) is 15.9 Å². The lowest BCUT2D eigenvalue weighted by Crippen LogP contribution is -2.48. The molecule has 1 aliphatic heterocycles. The Bertz CT molecular complexity index is 288. The van der Waals surface area contributed by atoms with Crippen molar-refractivity contribution in [3.63, 3.8) is 0 Å². The Morgan fingerprint density at radius 3 is 2.50 bits per heavy atom. The van der Waals surface area contributed by atoms with Crippen LogP contribution in [0, 0.1) is 12.3 Å². The number of rotatable bonds is 5. The molecule has 1 fully saturated rings. The number of aliphatic hydroxyl groups is 1. The molecule has 0 amide bonds. The normalized spacial score (nSPS) is 27.8. The zero-order chi connectivity index (χ0) is 13.8. The first-order valence-electron chi connectivity index (χ1n) is 6.50. The summed E-state index contributed by atoms with van der Waals surface area (Å²) in [5.41, 5.74) is -0.618. The van der Waals surface area contributed by atoms with Crippen LogP contribution in [0.2, 0.25) is 0 Å². The molecular formula is C14H25NO3. The fourth-order valence-electron chi connectivity index (χ4n) is 2.13. The van der Waals surface area contributed by atoms with E-state index < -0.39 is 11.7 Å². The number of nitrogens with zero attached hydrogens (tertiary/aromatic N) is 1. The van der Waals surface area contributed by atoms with E-state index in [0.29, 0.717) is 6.54 Å².